The number of hydrogen-bond acceptors (Lipinski definition) is 6. The Kier molecular flexibility index (Phi) is 12.4. The van der Waals surface area contributed by atoms with E-state index in [1.165, 1.54) is 11.6 Å². The Hall–Kier alpha value is -2.25. The zero-order chi connectivity index (χ0) is 28.3. The highest BCUT2D eigenvalue weighted by Gasteiger charge is 2.48. The maximum Gasteiger partial charge on any atom is 0.331 e. The summed E-state index contributed by atoms with van der Waals surface area (Å²) in [6.45, 7) is 8.50. The highest BCUT2D eigenvalue weighted by Crippen LogP contribution is 2.41. The number of rotatable bonds is 5. The van der Waals surface area contributed by atoms with Crippen LogP contribution in [0.3, 0.4) is 0 Å². The van der Waals surface area contributed by atoms with Crippen LogP contribution in [0.15, 0.2) is 72.4 Å². The van der Waals surface area contributed by atoms with E-state index in [2.05, 4.69) is 45.1 Å². The number of carbonyl (C=O) groups is 1. The van der Waals surface area contributed by atoms with Gasteiger partial charge in [0.1, 0.15) is 6.10 Å². The number of allylic oxidation sites excluding steroid dienone is 6. The summed E-state index contributed by atoms with van der Waals surface area (Å²) in [7, 11) is 0. The van der Waals surface area contributed by atoms with Gasteiger partial charge in [0.15, 0.2) is 0 Å². The molecular weight excluding hydrogens is 492 g/mol. The molecule has 0 aliphatic carbocycles. The fourth-order valence-corrected chi connectivity index (χ4v) is 5.55. The molecule has 2 saturated heterocycles. The molecule has 0 saturated carbocycles. The molecule has 0 spiro atoms. The molecule has 6 heteroatoms. The van der Waals surface area contributed by atoms with Crippen LogP contribution in [0.4, 0.5) is 0 Å². The summed E-state index contributed by atoms with van der Waals surface area (Å²) in [5.41, 5.74) is 0.435. The van der Waals surface area contributed by atoms with Crippen LogP contribution < -0.4 is 0 Å². The van der Waals surface area contributed by atoms with E-state index in [-0.39, 0.29) is 37.6 Å². The van der Waals surface area contributed by atoms with Gasteiger partial charge in [-0.2, -0.15) is 0 Å². The third kappa shape index (κ3) is 9.14. The van der Waals surface area contributed by atoms with Crippen LogP contribution in [0.1, 0.15) is 66.2 Å². The summed E-state index contributed by atoms with van der Waals surface area (Å²) in [6.07, 6.45) is 24.9. The summed E-state index contributed by atoms with van der Waals surface area (Å²) in [4.78, 5) is 12.8. The molecule has 3 heterocycles. The van der Waals surface area contributed by atoms with Crippen molar-refractivity contribution in [1.29, 1.82) is 0 Å². The molecule has 3 rings (SSSR count). The normalized spacial score (nSPS) is 41.1. The zero-order valence-corrected chi connectivity index (χ0v) is 24.1. The molecule has 6 nitrogen and oxygen atoms in total. The Morgan fingerprint density at radius 3 is 2.64 bits per heavy atom. The van der Waals surface area contributed by atoms with Crippen molar-refractivity contribution in [2.24, 2.45) is 17.3 Å². The second kappa shape index (κ2) is 15.5. The lowest BCUT2D eigenvalue weighted by Gasteiger charge is -2.47. The molecule has 39 heavy (non-hydrogen) atoms. The summed E-state index contributed by atoms with van der Waals surface area (Å²) >= 11 is 0. The monoisotopic (exact) mass is 540 g/mol. The summed E-state index contributed by atoms with van der Waals surface area (Å²) < 4.78 is 18.8. The van der Waals surface area contributed by atoms with Gasteiger partial charge in [0, 0.05) is 19.1 Å². The first-order chi connectivity index (χ1) is 18.8. The number of hydrogen-bond donors (Lipinski definition) is 2. The minimum absolute atomic E-state index is 0.0835. The van der Waals surface area contributed by atoms with Gasteiger partial charge in [-0.1, -0.05) is 87.1 Å². The second-order valence-electron chi connectivity index (χ2n) is 11.5. The lowest BCUT2D eigenvalue weighted by molar-refractivity contribution is -0.198. The molecule has 2 fully saturated rings. The standard InChI is InChI=1S/C33H48O6/c1-24-14-8-5-9-16-28-22-31(33(4,23-35)30(38-28)17-11-7-13-19-34)39-32(36)18-12-6-10-15-27-21-25(2)26(3)29(20-24)37-27/h6-12,14,16,18,20,25-31,34-35H,5,13,15,17,19,21-23H2,1-4H3/b10-6+,11-7-,14-8+,16-9+,18-12+,24-20+/t25-,26+,27-,28+,29+,30-,31+,33-/m0/s1. The number of carbonyl (C=O) groups excluding carboxylic acids is 1. The average molecular weight is 541 g/mol. The smallest absolute Gasteiger partial charge is 0.331 e. The Labute approximate surface area is 234 Å². The summed E-state index contributed by atoms with van der Waals surface area (Å²) in [5.74, 6) is 0.585. The van der Waals surface area contributed by atoms with Crippen molar-refractivity contribution in [3.8, 4) is 0 Å². The van der Waals surface area contributed by atoms with Crippen LogP contribution in [0, 0.1) is 17.3 Å². The van der Waals surface area contributed by atoms with Crippen molar-refractivity contribution in [3.63, 3.8) is 0 Å². The molecule has 4 bridgehead atoms. The van der Waals surface area contributed by atoms with Crippen LogP contribution in [-0.4, -0.2) is 59.9 Å². The van der Waals surface area contributed by atoms with Gasteiger partial charge in [-0.15, -0.1) is 0 Å². The first-order valence-corrected chi connectivity index (χ1v) is 14.5. The molecule has 0 aromatic carbocycles. The Bertz CT molecular complexity index is 959. The first kappa shape index (κ1) is 31.3. The highest BCUT2D eigenvalue weighted by molar-refractivity contribution is 5.82. The van der Waals surface area contributed by atoms with E-state index in [0.717, 1.165) is 19.3 Å². The van der Waals surface area contributed by atoms with Gasteiger partial charge in [0.05, 0.1) is 36.4 Å². The highest BCUT2D eigenvalue weighted by atomic mass is 16.6. The van der Waals surface area contributed by atoms with Crippen LogP contribution in [0.5, 0.6) is 0 Å². The first-order valence-electron chi connectivity index (χ1n) is 14.5. The number of esters is 1. The molecule has 0 unspecified atom stereocenters. The maximum atomic E-state index is 12.8. The van der Waals surface area contributed by atoms with E-state index < -0.39 is 17.5 Å². The van der Waals surface area contributed by atoms with E-state index in [9.17, 15) is 9.90 Å². The molecule has 0 amide bonds. The van der Waals surface area contributed by atoms with Crippen molar-refractivity contribution < 1.29 is 29.2 Å². The maximum absolute atomic E-state index is 12.8. The van der Waals surface area contributed by atoms with Crippen molar-refractivity contribution in [2.75, 3.05) is 13.2 Å². The largest absolute Gasteiger partial charge is 0.458 e. The third-order valence-electron chi connectivity index (χ3n) is 8.38. The molecule has 3 aliphatic rings. The van der Waals surface area contributed by atoms with E-state index in [1.807, 2.05) is 37.3 Å². The number of aliphatic hydroxyl groups is 2. The Morgan fingerprint density at radius 2 is 1.87 bits per heavy atom. The number of aliphatic hydroxyl groups excluding tert-OH is 2. The predicted molar refractivity (Wildman–Crippen MR) is 155 cm³/mol. The van der Waals surface area contributed by atoms with Gasteiger partial charge < -0.3 is 24.4 Å². The molecule has 0 radical (unpaired) electrons. The minimum Gasteiger partial charge on any atom is -0.458 e. The van der Waals surface area contributed by atoms with Gasteiger partial charge in [0.25, 0.3) is 0 Å². The molecule has 0 aromatic heterocycles. The van der Waals surface area contributed by atoms with Crippen molar-refractivity contribution in [1.82, 2.24) is 0 Å². The topological polar surface area (TPSA) is 85.2 Å². The van der Waals surface area contributed by atoms with Crippen LogP contribution in [-0.2, 0) is 19.0 Å². The van der Waals surface area contributed by atoms with E-state index in [4.69, 9.17) is 19.3 Å². The predicted octanol–water partition coefficient (Wildman–Crippen LogP) is 5.78. The quantitative estimate of drug-likeness (QED) is 0.340. The molecule has 2 N–H and O–H groups in total. The SMILES string of the molecule is CC1=C\[C@H]2O[C@@H](C/C=C/C=C/C(=O)O[C@@H]3C[C@@H](/C=C/C\C=C\1)O[C@@H](C/C=C\CCO)[C@]3(C)CO)C[C@H](C)[C@H]2C. The van der Waals surface area contributed by atoms with Crippen molar-refractivity contribution in [2.45, 2.75) is 96.7 Å². The van der Waals surface area contributed by atoms with Gasteiger partial charge in [0.2, 0.25) is 0 Å². The van der Waals surface area contributed by atoms with E-state index in [0.29, 0.717) is 31.1 Å². The van der Waals surface area contributed by atoms with E-state index in [1.54, 1.807) is 6.08 Å². The van der Waals surface area contributed by atoms with E-state index >= 15 is 0 Å². The molecule has 3 aliphatic heterocycles. The number of fused-ring (bicyclic) bond motifs is 4. The lowest BCUT2D eigenvalue weighted by atomic mass is 9.73. The zero-order valence-electron chi connectivity index (χ0n) is 24.1. The third-order valence-corrected chi connectivity index (χ3v) is 8.38. The van der Waals surface area contributed by atoms with Crippen LogP contribution in [0.25, 0.3) is 0 Å². The van der Waals surface area contributed by atoms with Gasteiger partial charge in [-0.05, 0) is 50.9 Å². The molecule has 216 valence electrons. The van der Waals surface area contributed by atoms with Crippen LogP contribution in [0.2, 0.25) is 0 Å². The average Bonchev–Trinajstić information content (AvgIpc) is 2.90. The van der Waals surface area contributed by atoms with Crippen molar-refractivity contribution in [3.05, 3.63) is 72.4 Å². The Balaban J connectivity index is 1.84. The van der Waals surface area contributed by atoms with Crippen LogP contribution >= 0.6 is 0 Å². The minimum atomic E-state index is -0.755. The molecule has 0 aromatic rings. The molecular formula is C33H48O6. The fourth-order valence-electron chi connectivity index (χ4n) is 5.55. The Morgan fingerprint density at radius 1 is 1.05 bits per heavy atom. The summed E-state index contributed by atoms with van der Waals surface area (Å²) in [5, 5.41) is 19.5. The summed E-state index contributed by atoms with van der Waals surface area (Å²) in [6, 6.07) is 0. The number of ether oxygens (including phenoxy) is 3. The molecule has 8 atom stereocenters. The second-order valence-corrected chi connectivity index (χ2v) is 11.5. The van der Waals surface area contributed by atoms with Crippen molar-refractivity contribution >= 4 is 5.97 Å². The van der Waals surface area contributed by atoms with Gasteiger partial charge >= 0.3 is 5.97 Å². The van der Waals surface area contributed by atoms with Gasteiger partial charge in [-0.3, -0.25) is 0 Å². The fraction of sp³-hybridized carbons (Fsp3) is 0.606. The van der Waals surface area contributed by atoms with Gasteiger partial charge in [-0.25, -0.2) is 4.79 Å². The lowest BCUT2D eigenvalue weighted by Crippen LogP contribution is -2.55.